The van der Waals surface area contributed by atoms with Crippen molar-refractivity contribution in [2.75, 3.05) is 23.8 Å². The highest BCUT2D eigenvalue weighted by Gasteiger charge is 2.15. The number of hydrogen-bond acceptors (Lipinski definition) is 6. The molecule has 0 saturated carbocycles. The van der Waals surface area contributed by atoms with E-state index in [1.807, 2.05) is 7.05 Å². The van der Waals surface area contributed by atoms with Crippen LogP contribution in [0.4, 0.5) is 11.8 Å². The van der Waals surface area contributed by atoms with Crippen LogP contribution in [-0.2, 0) is 6.54 Å². The minimum atomic E-state index is 0.684. The first-order chi connectivity index (χ1) is 10.2. The normalized spacial score (nSPS) is 11.0. The predicted molar refractivity (Wildman–Crippen MR) is 92.7 cm³/mol. The molecule has 21 heavy (non-hydrogen) atoms. The zero-order valence-corrected chi connectivity index (χ0v) is 14.0. The van der Waals surface area contributed by atoms with Gasteiger partial charge < -0.3 is 10.2 Å². The fourth-order valence-corrected chi connectivity index (χ4v) is 3.90. The van der Waals surface area contributed by atoms with Crippen molar-refractivity contribution in [2.45, 2.75) is 20.4 Å². The standard InChI is InChI=1S/C15H18N4S2/c1-4-19(9-11-6-5-7-20-11)13-12-8-10(2)21-14(12)18-15(16-3)17-13/h5-8H,4,9H2,1-3H3,(H,16,17,18). The molecule has 3 rings (SSSR count). The Balaban J connectivity index is 2.07. The third-order valence-electron chi connectivity index (χ3n) is 3.33. The summed E-state index contributed by atoms with van der Waals surface area (Å²) in [5.41, 5.74) is 0. The van der Waals surface area contributed by atoms with Crippen molar-refractivity contribution in [3.8, 4) is 0 Å². The second-order valence-corrected chi connectivity index (χ2v) is 7.06. The monoisotopic (exact) mass is 318 g/mol. The minimum absolute atomic E-state index is 0.684. The molecule has 0 aliphatic heterocycles. The van der Waals surface area contributed by atoms with Crippen LogP contribution in [0.1, 0.15) is 16.7 Å². The maximum atomic E-state index is 4.70. The summed E-state index contributed by atoms with van der Waals surface area (Å²) in [5, 5.41) is 6.33. The van der Waals surface area contributed by atoms with Gasteiger partial charge in [-0.1, -0.05) is 6.07 Å². The van der Waals surface area contributed by atoms with E-state index in [0.717, 1.165) is 29.1 Å². The fourth-order valence-electron chi connectivity index (χ4n) is 2.31. The molecule has 0 aliphatic carbocycles. The summed E-state index contributed by atoms with van der Waals surface area (Å²) in [7, 11) is 1.86. The van der Waals surface area contributed by atoms with Crippen molar-refractivity contribution < 1.29 is 0 Å². The number of anilines is 2. The number of hydrogen-bond donors (Lipinski definition) is 1. The van der Waals surface area contributed by atoms with Gasteiger partial charge in [0.15, 0.2) is 0 Å². The first-order valence-corrected chi connectivity index (χ1v) is 8.64. The molecule has 0 saturated heterocycles. The van der Waals surface area contributed by atoms with Crippen molar-refractivity contribution in [3.63, 3.8) is 0 Å². The molecule has 4 nitrogen and oxygen atoms in total. The van der Waals surface area contributed by atoms with E-state index in [-0.39, 0.29) is 0 Å². The first-order valence-electron chi connectivity index (χ1n) is 6.94. The lowest BCUT2D eigenvalue weighted by Gasteiger charge is -2.22. The van der Waals surface area contributed by atoms with E-state index in [9.17, 15) is 0 Å². The molecule has 0 aromatic carbocycles. The van der Waals surface area contributed by atoms with Gasteiger partial charge >= 0.3 is 0 Å². The maximum Gasteiger partial charge on any atom is 0.225 e. The molecule has 6 heteroatoms. The molecule has 110 valence electrons. The third kappa shape index (κ3) is 2.87. The average molecular weight is 318 g/mol. The Bertz CT molecular complexity index is 734. The zero-order valence-electron chi connectivity index (χ0n) is 12.4. The molecule has 3 heterocycles. The highest BCUT2D eigenvalue weighted by Crippen LogP contribution is 2.32. The summed E-state index contributed by atoms with van der Waals surface area (Å²) in [6.45, 7) is 6.09. The van der Waals surface area contributed by atoms with Crippen LogP contribution in [0, 0.1) is 6.92 Å². The molecule has 0 bridgehead atoms. The number of nitrogens with one attached hydrogen (secondary N) is 1. The lowest BCUT2D eigenvalue weighted by atomic mass is 10.3. The van der Waals surface area contributed by atoms with Gasteiger partial charge in [-0.3, -0.25) is 0 Å². The van der Waals surface area contributed by atoms with Crippen LogP contribution in [0.2, 0.25) is 0 Å². The quantitative estimate of drug-likeness (QED) is 0.768. The highest BCUT2D eigenvalue weighted by molar-refractivity contribution is 7.18. The van der Waals surface area contributed by atoms with Crippen LogP contribution in [0.5, 0.6) is 0 Å². The number of thiophene rings is 2. The number of aromatic nitrogens is 2. The predicted octanol–water partition coefficient (Wildman–Crippen LogP) is 4.13. The fraction of sp³-hybridized carbons (Fsp3) is 0.333. The van der Waals surface area contributed by atoms with E-state index in [1.165, 1.54) is 9.75 Å². The molecule has 0 spiro atoms. The third-order valence-corrected chi connectivity index (χ3v) is 5.13. The van der Waals surface area contributed by atoms with E-state index < -0.39 is 0 Å². The molecule has 3 aromatic rings. The van der Waals surface area contributed by atoms with Gasteiger partial charge in [-0.25, -0.2) is 4.98 Å². The highest BCUT2D eigenvalue weighted by atomic mass is 32.1. The molecule has 3 aromatic heterocycles. The van der Waals surface area contributed by atoms with Gasteiger partial charge in [0, 0.05) is 23.3 Å². The second-order valence-electron chi connectivity index (χ2n) is 4.79. The van der Waals surface area contributed by atoms with Crippen LogP contribution in [0.15, 0.2) is 23.6 Å². The molecule has 0 amide bonds. The Morgan fingerprint density at radius 3 is 2.86 bits per heavy atom. The van der Waals surface area contributed by atoms with Crippen molar-refractivity contribution >= 4 is 44.7 Å². The molecule has 1 N–H and O–H groups in total. The van der Waals surface area contributed by atoms with Gasteiger partial charge in [0.1, 0.15) is 10.6 Å². The Kier molecular flexibility index (Phi) is 4.07. The molecule has 0 radical (unpaired) electrons. The van der Waals surface area contributed by atoms with Crippen LogP contribution >= 0.6 is 22.7 Å². The molecular formula is C15H18N4S2. The van der Waals surface area contributed by atoms with Crippen LogP contribution < -0.4 is 10.2 Å². The van der Waals surface area contributed by atoms with Gasteiger partial charge in [-0.2, -0.15) is 4.98 Å². The van der Waals surface area contributed by atoms with Crippen LogP contribution in [-0.4, -0.2) is 23.6 Å². The van der Waals surface area contributed by atoms with Crippen LogP contribution in [0.3, 0.4) is 0 Å². The number of fused-ring (bicyclic) bond motifs is 1. The zero-order chi connectivity index (χ0) is 14.8. The van der Waals surface area contributed by atoms with Crippen molar-refractivity contribution in [3.05, 3.63) is 33.3 Å². The SMILES string of the molecule is CCN(Cc1cccs1)c1nc(NC)nc2sc(C)cc12. The van der Waals surface area contributed by atoms with Gasteiger partial charge in [-0.05, 0) is 31.4 Å². The van der Waals surface area contributed by atoms with Gasteiger partial charge in [0.25, 0.3) is 0 Å². The molecule has 0 aliphatic rings. The topological polar surface area (TPSA) is 41.1 Å². The second kappa shape index (κ2) is 5.99. The first kappa shape index (κ1) is 14.3. The maximum absolute atomic E-state index is 4.70. The van der Waals surface area contributed by atoms with Crippen molar-refractivity contribution in [1.82, 2.24) is 9.97 Å². The molecule has 0 fully saturated rings. The van der Waals surface area contributed by atoms with E-state index in [4.69, 9.17) is 4.98 Å². The van der Waals surface area contributed by atoms with Crippen molar-refractivity contribution in [1.29, 1.82) is 0 Å². The number of aryl methyl sites for hydroxylation is 1. The number of nitrogens with zero attached hydrogens (tertiary/aromatic N) is 3. The Labute approximate surface area is 132 Å². The van der Waals surface area contributed by atoms with Crippen molar-refractivity contribution in [2.24, 2.45) is 0 Å². The summed E-state index contributed by atoms with van der Waals surface area (Å²) in [6, 6.07) is 6.45. The van der Waals surface area contributed by atoms with Crippen LogP contribution in [0.25, 0.3) is 10.2 Å². The summed E-state index contributed by atoms with van der Waals surface area (Å²) in [6.07, 6.45) is 0. The Hall–Kier alpha value is -1.66. The van der Waals surface area contributed by atoms with E-state index in [2.05, 4.69) is 52.6 Å². The van der Waals surface area contributed by atoms with E-state index >= 15 is 0 Å². The van der Waals surface area contributed by atoms with E-state index in [1.54, 1.807) is 22.7 Å². The van der Waals surface area contributed by atoms with Gasteiger partial charge in [-0.15, -0.1) is 22.7 Å². The number of rotatable bonds is 5. The van der Waals surface area contributed by atoms with E-state index in [0.29, 0.717) is 5.95 Å². The lowest BCUT2D eigenvalue weighted by Crippen LogP contribution is -2.23. The minimum Gasteiger partial charge on any atom is -0.357 e. The Morgan fingerprint density at radius 1 is 1.33 bits per heavy atom. The summed E-state index contributed by atoms with van der Waals surface area (Å²) in [5.74, 6) is 1.70. The van der Waals surface area contributed by atoms with Gasteiger partial charge in [0.05, 0.1) is 11.9 Å². The molecule has 0 unspecified atom stereocenters. The summed E-state index contributed by atoms with van der Waals surface area (Å²) >= 11 is 3.50. The summed E-state index contributed by atoms with van der Waals surface area (Å²) in [4.78, 5) is 15.2. The smallest absolute Gasteiger partial charge is 0.225 e. The Morgan fingerprint density at radius 2 is 2.19 bits per heavy atom. The molecular weight excluding hydrogens is 300 g/mol. The van der Waals surface area contributed by atoms with Gasteiger partial charge in [0.2, 0.25) is 5.95 Å². The largest absolute Gasteiger partial charge is 0.357 e. The molecule has 0 atom stereocenters. The summed E-state index contributed by atoms with van der Waals surface area (Å²) < 4.78 is 0. The average Bonchev–Trinajstić information content (AvgIpc) is 3.11. The lowest BCUT2D eigenvalue weighted by molar-refractivity contribution is 0.827.